The Kier molecular flexibility index (Phi) is 4.35. The SMILES string of the molecule is CN1C(=O)C2(CCN(CC(N)=O)CC2)C[C@@H]1Cc1ccccn1. The number of likely N-dealkylation sites (N-methyl/N-ethyl adjacent to an activating group) is 1. The van der Waals surface area contributed by atoms with Crippen LogP contribution in [0, 0.1) is 5.41 Å². The first kappa shape index (κ1) is 15.9. The number of aromatic nitrogens is 1. The molecule has 1 atom stereocenters. The van der Waals surface area contributed by atoms with Gasteiger partial charge in [-0.2, -0.15) is 0 Å². The molecule has 2 amide bonds. The summed E-state index contributed by atoms with van der Waals surface area (Å²) >= 11 is 0. The summed E-state index contributed by atoms with van der Waals surface area (Å²) < 4.78 is 0. The van der Waals surface area contributed by atoms with Crippen molar-refractivity contribution in [3.8, 4) is 0 Å². The fraction of sp³-hybridized carbons (Fsp3) is 0.588. The van der Waals surface area contributed by atoms with E-state index in [1.165, 1.54) is 0 Å². The van der Waals surface area contributed by atoms with Gasteiger partial charge in [-0.1, -0.05) is 6.07 Å². The summed E-state index contributed by atoms with van der Waals surface area (Å²) in [6.07, 6.45) is 5.09. The summed E-state index contributed by atoms with van der Waals surface area (Å²) in [5.74, 6) is -0.0546. The van der Waals surface area contributed by atoms with Crippen LogP contribution in [0.1, 0.15) is 25.0 Å². The van der Waals surface area contributed by atoms with E-state index in [1.807, 2.05) is 35.0 Å². The highest BCUT2D eigenvalue weighted by molar-refractivity contribution is 5.85. The first-order valence-electron chi connectivity index (χ1n) is 8.18. The first-order valence-corrected chi connectivity index (χ1v) is 8.18. The van der Waals surface area contributed by atoms with Crippen molar-refractivity contribution in [2.24, 2.45) is 11.1 Å². The average molecular weight is 316 g/mol. The lowest BCUT2D eigenvalue weighted by Gasteiger charge is -2.37. The molecule has 0 aromatic carbocycles. The van der Waals surface area contributed by atoms with E-state index in [9.17, 15) is 9.59 Å². The molecule has 0 aliphatic carbocycles. The molecule has 0 unspecified atom stereocenters. The molecule has 3 rings (SSSR count). The number of piperidine rings is 1. The summed E-state index contributed by atoms with van der Waals surface area (Å²) in [4.78, 5) is 32.2. The lowest BCUT2D eigenvalue weighted by atomic mass is 9.75. The Bertz CT molecular complexity index is 582. The molecule has 0 bridgehead atoms. The predicted molar refractivity (Wildman–Crippen MR) is 86.4 cm³/mol. The second-order valence-electron chi connectivity index (χ2n) is 6.82. The monoisotopic (exact) mass is 316 g/mol. The Morgan fingerprint density at radius 1 is 1.39 bits per heavy atom. The van der Waals surface area contributed by atoms with Gasteiger partial charge in [0.05, 0.1) is 12.0 Å². The van der Waals surface area contributed by atoms with Crippen LogP contribution in [-0.4, -0.2) is 59.3 Å². The molecule has 2 aliphatic rings. The molecule has 1 aromatic rings. The lowest BCUT2D eigenvalue weighted by Crippen LogP contribution is -2.46. The minimum Gasteiger partial charge on any atom is -0.369 e. The van der Waals surface area contributed by atoms with Gasteiger partial charge in [-0.25, -0.2) is 0 Å². The highest BCUT2D eigenvalue weighted by Crippen LogP contribution is 2.44. The number of nitrogens with two attached hydrogens (primary N) is 1. The van der Waals surface area contributed by atoms with Gasteiger partial charge in [0, 0.05) is 31.4 Å². The molecular formula is C17H24N4O2. The molecule has 0 saturated carbocycles. The Morgan fingerprint density at radius 2 is 2.13 bits per heavy atom. The lowest BCUT2D eigenvalue weighted by molar-refractivity contribution is -0.138. The van der Waals surface area contributed by atoms with Crippen LogP contribution in [0.5, 0.6) is 0 Å². The minimum absolute atomic E-state index is 0.208. The zero-order valence-electron chi connectivity index (χ0n) is 13.6. The predicted octanol–water partition coefficient (Wildman–Crippen LogP) is 0.422. The summed E-state index contributed by atoms with van der Waals surface area (Å²) in [5, 5.41) is 0. The Balaban J connectivity index is 1.66. The smallest absolute Gasteiger partial charge is 0.231 e. The van der Waals surface area contributed by atoms with E-state index in [2.05, 4.69) is 4.98 Å². The van der Waals surface area contributed by atoms with Crippen molar-refractivity contribution >= 4 is 11.8 Å². The van der Waals surface area contributed by atoms with E-state index < -0.39 is 0 Å². The largest absolute Gasteiger partial charge is 0.369 e. The highest BCUT2D eigenvalue weighted by atomic mass is 16.2. The number of carbonyl (C=O) groups excluding carboxylic acids is 2. The topological polar surface area (TPSA) is 79.5 Å². The van der Waals surface area contributed by atoms with Crippen molar-refractivity contribution < 1.29 is 9.59 Å². The van der Waals surface area contributed by atoms with E-state index in [0.717, 1.165) is 44.5 Å². The molecule has 2 aliphatic heterocycles. The summed E-state index contributed by atoms with van der Waals surface area (Å²) in [5.41, 5.74) is 6.03. The van der Waals surface area contributed by atoms with Crippen molar-refractivity contribution in [2.45, 2.75) is 31.7 Å². The van der Waals surface area contributed by atoms with Crippen LogP contribution in [0.25, 0.3) is 0 Å². The van der Waals surface area contributed by atoms with Gasteiger partial charge >= 0.3 is 0 Å². The van der Waals surface area contributed by atoms with Gasteiger partial charge in [-0.15, -0.1) is 0 Å². The third-order valence-corrected chi connectivity index (χ3v) is 5.31. The van der Waals surface area contributed by atoms with Crippen LogP contribution in [-0.2, 0) is 16.0 Å². The molecule has 124 valence electrons. The van der Waals surface area contributed by atoms with Crippen LogP contribution < -0.4 is 5.73 Å². The number of amides is 2. The molecule has 2 N–H and O–H groups in total. The molecule has 2 fully saturated rings. The van der Waals surface area contributed by atoms with Gasteiger partial charge in [0.2, 0.25) is 11.8 Å². The fourth-order valence-corrected chi connectivity index (χ4v) is 3.96. The van der Waals surface area contributed by atoms with Gasteiger partial charge in [0.1, 0.15) is 0 Å². The second-order valence-corrected chi connectivity index (χ2v) is 6.82. The highest BCUT2D eigenvalue weighted by Gasteiger charge is 2.51. The second kappa shape index (κ2) is 6.28. The number of likely N-dealkylation sites (tertiary alicyclic amines) is 2. The Labute approximate surface area is 136 Å². The Hall–Kier alpha value is -1.95. The number of hydrogen-bond donors (Lipinski definition) is 1. The first-order chi connectivity index (χ1) is 11.0. The van der Waals surface area contributed by atoms with E-state index in [4.69, 9.17) is 5.73 Å². The van der Waals surface area contributed by atoms with Gasteiger partial charge in [0.15, 0.2) is 0 Å². The van der Waals surface area contributed by atoms with Crippen LogP contribution in [0.4, 0.5) is 0 Å². The fourth-order valence-electron chi connectivity index (χ4n) is 3.96. The average Bonchev–Trinajstić information content (AvgIpc) is 2.76. The van der Waals surface area contributed by atoms with E-state index in [1.54, 1.807) is 6.20 Å². The number of rotatable bonds is 4. The number of pyridine rings is 1. The molecule has 23 heavy (non-hydrogen) atoms. The van der Waals surface area contributed by atoms with Crippen LogP contribution >= 0.6 is 0 Å². The molecule has 2 saturated heterocycles. The minimum atomic E-state index is -0.302. The number of nitrogens with zero attached hydrogens (tertiary/aromatic N) is 3. The van der Waals surface area contributed by atoms with Crippen molar-refractivity contribution in [2.75, 3.05) is 26.7 Å². The maximum absolute atomic E-state index is 12.8. The van der Waals surface area contributed by atoms with E-state index >= 15 is 0 Å². The molecule has 3 heterocycles. The molecular weight excluding hydrogens is 292 g/mol. The van der Waals surface area contributed by atoms with Crippen molar-refractivity contribution in [1.82, 2.24) is 14.8 Å². The molecule has 6 nitrogen and oxygen atoms in total. The van der Waals surface area contributed by atoms with Crippen LogP contribution in [0.15, 0.2) is 24.4 Å². The summed E-state index contributed by atoms with van der Waals surface area (Å²) in [6, 6.07) is 6.11. The zero-order valence-corrected chi connectivity index (χ0v) is 13.6. The summed E-state index contributed by atoms with van der Waals surface area (Å²) in [6.45, 7) is 1.81. The number of carbonyl (C=O) groups is 2. The molecule has 6 heteroatoms. The van der Waals surface area contributed by atoms with Gasteiger partial charge in [-0.05, 0) is 44.5 Å². The van der Waals surface area contributed by atoms with Gasteiger partial charge in [0.25, 0.3) is 0 Å². The van der Waals surface area contributed by atoms with Crippen LogP contribution in [0.2, 0.25) is 0 Å². The normalized spacial score (nSPS) is 24.3. The third-order valence-electron chi connectivity index (χ3n) is 5.31. The molecule has 1 spiro atoms. The third kappa shape index (κ3) is 3.22. The van der Waals surface area contributed by atoms with Gasteiger partial charge in [-0.3, -0.25) is 19.5 Å². The molecule has 0 radical (unpaired) electrons. The van der Waals surface area contributed by atoms with Crippen molar-refractivity contribution in [3.05, 3.63) is 30.1 Å². The van der Waals surface area contributed by atoms with Crippen LogP contribution in [0.3, 0.4) is 0 Å². The number of hydrogen-bond acceptors (Lipinski definition) is 4. The standard InChI is InChI=1S/C17H24N4O2/c1-20-14(10-13-4-2-3-7-19-13)11-17(16(20)23)5-8-21(9-6-17)12-15(18)22/h2-4,7,14H,5-6,8-12H2,1H3,(H2,18,22)/t14-/m0/s1. The maximum atomic E-state index is 12.8. The maximum Gasteiger partial charge on any atom is 0.231 e. The summed E-state index contributed by atoms with van der Waals surface area (Å²) in [7, 11) is 1.90. The van der Waals surface area contributed by atoms with Crippen molar-refractivity contribution in [1.29, 1.82) is 0 Å². The number of primary amides is 1. The van der Waals surface area contributed by atoms with E-state index in [-0.39, 0.29) is 29.8 Å². The quantitative estimate of drug-likeness (QED) is 0.873. The van der Waals surface area contributed by atoms with Crippen molar-refractivity contribution in [3.63, 3.8) is 0 Å². The Morgan fingerprint density at radius 3 is 2.74 bits per heavy atom. The van der Waals surface area contributed by atoms with E-state index in [0.29, 0.717) is 0 Å². The molecule has 1 aromatic heterocycles. The zero-order chi connectivity index (χ0) is 16.4. The van der Waals surface area contributed by atoms with Gasteiger partial charge < -0.3 is 10.6 Å².